The number of nitrogens with zero attached hydrogens (tertiary/aromatic N) is 2. The number of carbonyl (C=O) groups excluding carboxylic acids is 1. The topological polar surface area (TPSA) is 43.6 Å². The number of rotatable bonds is 5. The summed E-state index contributed by atoms with van der Waals surface area (Å²) in [7, 11) is 1.64. The Morgan fingerprint density at radius 2 is 2.04 bits per heavy atom. The smallest absolute Gasteiger partial charge is 0.272 e. The molecule has 0 bridgehead atoms. The number of hydrogen-bond acceptors (Lipinski definition) is 3. The van der Waals surface area contributed by atoms with Crippen LogP contribution in [0.2, 0.25) is 5.02 Å². The number of fused-ring (bicyclic) bond motifs is 1. The van der Waals surface area contributed by atoms with E-state index in [4.69, 9.17) is 16.3 Å². The van der Waals surface area contributed by atoms with Gasteiger partial charge in [-0.25, -0.2) is 0 Å². The molecule has 0 N–H and O–H groups in total. The van der Waals surface area contributed by atoms with Gasteiger partial charge in [0.15, 0.2) is 4.80 Å². The predicted molar refractivity (Wildman–Crippen MR) is 103 cm³/mol. The molecule has 0 aliphatic rings. The van der Waals surface area contributed by atoms with Crippen LogP contribution in [-0.2, 0) is 16.1 Å². The molecule has 1 aromatic heterocycles. The molecule has 128 valence electrons. The summed E-state index contributed by atoms with van der Waals surface area (Å²) in [5.74, 6) is -0.308. The number of carbonyl (C=O) groups is 1. The molecule has 3 aromatic rings. The molecule has 0 fully saturated rings. The standard InChI is InChI=1S/C19H17ClN2O2S/c1-24-13-12-22-18-15(20)8-5-9-16(18)25-19(22)21-17(23)11-10-14-6-3-2-4-7-14/h2-11H,12-13H2,1H3/b11-10+,21-19?. The Kier molecular flexibility index (Phi) is 5.81. The molecule has 6 heteroatoms. The highest BCUT2D eigenvalue weighted by molar-refractivity contribution is 7.16. The molecular formula is C19H17ClN2O2S. The molecule has 0 spiro atoms. The number of para-hydroxylation sites is 1. The Labute approximate surface area is 154 Å². The molecule has 0 radical (unpaired) electrons. The number of halogens is 1. The van der Waals surface area contributed by atoms with Crippen LogP contribution in [0.4, 0.5) is 0 Å². The third-order valence-corrected chi connectivity index (χ3v) is 4.94. The minimum atomic E-state index is -0.308. The highest BCUT2D eigenvalue weighted by atomic mass is 35.5. The van der Waals surface area contributed by atoms with Gasteiger partial charge in [0, 0.05) is 19.7 Å². The Balaban J connectivity index is 1.99. The molecule has 0 unspecified atom stereocenters. The number of ether oxygens (including phenoxy) is 1. The normalized spacial score (nSPS) is 12.3. The van der Waals surface area contributed by atoms with Crippen LogP contribution in [0.25, 0.3) is 16.3 Å². The van der Waals surface area contributed by atoms with Crippen molar-refractivity contribution in [2.75, 3.05) is 13.7 Å². The van der Waals surface area contributed by atoms with Gasteiger partial charge in [-0.1, -0.05) is 59.3 Å². The van der Waals surface area contributed by atoms with Gasteiger partial charge in [0.05, 0.1) is 21.8 Å². The summed E-state index contributed by atoms with van der Waals surface area (Å²) >= 11 is 7.78. The average Bonchev–Trinajstić information content (AvgIpc) is 2.97. The van der Waals surface area contributed by atoms with E-state index in [0.29, 0.717) is 23.0 Å². The molecule has 1 heterocycles. The van der Waals surface area contributed by atoms with E-state index in [9.17, 15) is 4.79 Å². The van der Waals surface area contributed by atoms with Crippen molar-refractivity contribution in [2.24, 2.45) is 4.99 Å². The van der Waals surface area contributed by atoms with E-state index in [1.807, 2.05) is 53.1 Å². The van der Waals surface area contributed by atoms with Gasteiger partial charge in [-0.2, -0.15) is 4.99 Å². The SMILES string of the molecule is COCCn1c(=NC(=O)/C=C/c2ccccc2)sc2cccc(Cl)c21. The van der Waals surface area contributed by atoms with Gasteiger partial charge in [-0.05, 0) is 23.8 Å². The average molecular weight is 373 g/mol. The first kappa shape index (κ1) is 17.6. The molecule has 0 aliphatic heterocycles. The van der Waals surface area contributed by atoms with Crippen LogP contribution in [0.15, 0.2) is 59.6 Å². The quantitative estimate of drug-likeness (QED) is 0.631. The van der Waals surface area contributed by atoms with Crippen molar-refractivity contribution in [3.05, 3.63) is 70.0 Å². The van der Waals surface area contributed by atoms with Gasteiger partial charge in [0.2, 0.25) is 0 Å². The molecule has 2 aromatic carbocycles. The summed E-state index contributed by atoms with van der Waals surface area (Å²) in [6, 6.07) is 15.3. The fourth-order valence-electron chi connectivity index (χ4n) is 2.43. The van der Waals surface area contributed by atoms with Crippen molar-refractivity contribution in [1.29, 1.82) is 0 Å². The molecule has 4 nitrogen and oxygen atoms in total. The third kappa shape index (κ3) is 4.25. The van der Waals surface area contributed by atoms with Crippen LogP contribution < -0.4 is 4.80 Å². The molecule has 0 saturated heterocycles. The summed E-state index contributed by atoms with van der Waals surface area (Å²) in [6.45, 7) is 1.09. The summed E-state index contributed by atoms with van der Waals surface area (Å²) in [5, 5.41) is 0.638. The zero-order valence-electron chi connectivity index (χ0n) is 13.7. The lowest BCUT2D eigenvalue weighted by Crippen LogP contribution is -2.19. The van der Waals surface area contributed by atoms with Crippen LogP contribution in [0.5, 0.6) is 0 Å². The molecule has 25 heavy (non-hydrogen) atoms. The maximum Gasteiger partial charge on any atom is 0.272 e. The number of methoxy groups -OCH3 is 1. The molecule has 3 rings (SSSR count). The van der Waals surface area contributed by atoms with Gasteiger partial charge in [0.1, 0.15) is 0 Å². The van der Waals surface area contributed by atoms with Crippen molar-refractivity contribution in [1.82, 2.24) is 4.57 Å². The van der Waals surface area contributed by atoms with Crippen molar-refractivity contribution < 1.29 is 9.53 Å². The number of thiazole rings is 1. The minimum absolute atomic E-state index is 0.308. The van der Waals surface area contributed by atoms with E-state index in [-0.39, 0.29) is 5.91 Å². The lowest BCUT2D eigenvalue weighted by Gasteiger charge is -2.05. The van der Waals surface area contributed by atoms with Crippen molar-refractivity contribution >= 4 is 45.1 Å². The first-order valence-electron chi connectivity index (χ1n) is 7.77. The van der Waals surface area contributed by atoms with Gasteiger partial charge >= 0.3 is 0 Å². The largest absolute Gasteiger partial charge is 0.383 e. The molecule has 1 amide bonds. The van der Waals surface area contributed by atoms with E-state index >= 15 is 0 Å². The van der Waals surface area contributed by atoms with Gasteiger partial charge in [-0.3, -0.25) is 4.79 Å². The first-order chi connectivity index (χ1) is 12.2. The van der Waals surface area contributed by atoms with Crippen molar-refractivity contribution in [2.45, 2.75) is 6.54 Å². The van der Waals surface area contributed by atoms with Crippen LogP contribution in [0.3, 0.4) is 0 Å². The number of aromatic nitrogens is 1. The lowest BCUT2D eigenvalue weighted by molar-refractivity contribution is -0.113. The predicted octanol–water partition coefficient (Wildman–Crippen LogP) is 4.14. The molecule has 0 saturated carbocycles. The van der Waals surface area contributed by atoms with E-state index in [1.54, 1.807) is 13.2 Å². The van der Waals surface area contributed by atoms with Gasteiger partial charge in [-0.15, -0.1) is 0 Å². The van der Waals surface area contributed by atoms with E-state index in [2.05, 4.69) is 4.99 Å². The molecule has 0 atom stereocenters. The Hall–Kier alpha value is -2.21. The summed E-state index contributed by atoms with van der Waals surface area (Å²) in [5.41, 5.74) is 1.84. The van der Waals surface area contributed by atoms with Gasteiger partial charge < -0.3 is 9.30 Å². The fourth-order valence-corrected chi connectivity index (χ4v) is 3.85. The Morgan fingerprint density at radius 3 is 2.80 bits per heavy atom. The highest BCUT2D eigenvalue weighted by Crippen LogP contribution is 2.25. The Bertz CT molecular complexity index is 974. The zero-order chi connectivity index (χ0) is 17.6. The maximum atomic E-state index is 12.2. The first-order valence-corrected chi connectivity index (χ1v) is 8.97. The van der Waals surface area contributed by atoms with E-state index < -0.39 is 0 Å². The monoisotopic (exact) mass is 372 g/mol. The van der Waals surface area contributed by atoms with Crippen LogP contribution in [0.1, 0.15) is 5.56 Å². The van der Waals surface area contributed by atoms with Crippen LogP contribution in [0, 0.1) is 0 Å². The molecular weight excluding hydrogens is 356 g/mol. The highest BCUT2D eigenvalue weighted by Gasteiger charge is 2.10. The summed E-state index contributed by atoms with van der Waals surface area (Å²) in [6.07, 6.45) is 3.23. The molecule has 0 aliphatic carbocycles. The van der Waals surface area contributed by atoms with E-state index in [0.717, 1.165) is 15.8 Å². The van der Waals surface area contributed by atoms with Crippen molar-refractivity contribution in [3.8, 4) is 0 Å². The second kappa shape index (κ2) is 8.25. The Morgan fingerprint density at radius 1 is 1.24 bits per heavy atom. The summed E-state index contributed by atoms with van der Waals surface area (Å²) in [4.78, 5) is 17.1. The third-order valence-electron chi connectivity index (χ3n) is 3.59. The lowest BCUT2D eigenvalue weighted by atomic mass is 10.2. The van der Waals surface area contributed by atoms with Crippen molar-refractivity contribution in [3.63, 3.8) is 0 Å². The fraction of sp³-hybridized carbons (Fsp3) is 0.158. The van der Waals surface area contributed by atoms with E-state index in [1.165, 1.54) is 17.4 Å². The number of benzene rings is 2. The van der Waals surface area contributed by atoms with Crippen LogP contribution >= 0.6 is 22.9 Å². The number of amides is 1. The zero-order valence-corrected chi connectivity index (χ0v) is 15.3. The minimum Gasteiger partial charge on any atom is -0.383 e. The number of hydrogen-bond donors (Lipinski definition) is 0. The second-order valence-corrected chi connectivity index (χ2v) is 6.73. The van der Waals surface area contributed by atoms with Crippen LogP contribution in [-0.4, -0.2) is 24.2 Å². The maximum absolute atomic E-state index is 12.2. The second-order valence-electron chi connectivity index (χ2n) is 5.31. The van der Waals surface area contributed by atoms with Gasteiger partial charge in [0.25, 0.3) is 5.91 Å². The summed E-state index contributed by atoms with van der Waals surface area (Å²) < 4.78 is 8.09.